The zero-order valence-electron chi connectivity index (χ0n) is 12.1. The Kier molecular flexibility index (Phi) is 3.49. The number of hydrogen-bond acceptors (Lipinski definition) is 3. The minimum atomic E-state index is 0.223. The lowest BCUT2D eigenvalue weighted by molar-refractivity contribution is 0.257. The van der Waals surface area contributed by atoms with Crippen LogP contribution in [0.1, 0.15) is 24.8 Å². The van der Waals surface area contributed by atoms with E-state index in [1.165, 1.54) is 16.8 Å². The predicted octanol–water partition coefficient (Wildman–Crippen LogP) is 2.39. The Labute approximate surface area is 119 Å². The van der Waals surface area contributed by atoms with Crippen LogP contribution in [0.25, 0.3) is 11.1 Å². The molecule has 20 heavy (non-hydrogen) atoms. The van der Waals surface area contributed by atoms with Gasteiger partial charge in [0, 0.05) is 43.5 Å². The van der Waals surface area contributed by atoms with E-state index in [0.29, 0.717) is 0 Å². The quantitative estimate of drug-likeness (QED) is 0.932. The first-order valence-corrected chi connectivity index (χ1v) is 7.21. The Morgan fingerprint density at radius 1 is 1.35 bits per heavy atom. The predicted molar refractivity (Wildman–Crippen MR) is 81.0 cm³/mol. The highest BCUT2D eigenvalue weighted by Gasteiger charge is 2.24. The molecule has 0 unspecified atom stereocenters. The molecule has 0 saturated heterocycles. The normalized spacial score (nSPS) is 18.1. The molecule has 0 radical (unpaired) electrons. The summed E-state index contributed by atoms with van der Waals surface area (Å²) in [5, 5.41) is 13.9. The molecule has 1 N–H and O–H groups in total. The Morgan fingerprint density at radius 2 is 2.20 bits per heavy atom. The van der Waals surface area contributed by atoms with Crippen molar-refractivity contribution >= 4 is 5.69 Å². The fourth-order valence-electron chi connectivity index (χ4n) is 3.03. The molecular weight excluding hydrogens is 250 g/mol. The monoisotopic (exact) mass is 271 g/mol. The van der Waals surface area contributed by atoms with E-state index in [9.17, 15) is 5.11 Å². The van der Waals surface area contributed by atoms with E-state index in [1.807, 2.05) is 24.1 Å². The Bertz CT molecular complexity index is 606. The molecule has 1 aliphatic heterocycles. The summed E-state index contributed by atoms with van der Waals surface area (Å²) in [7, 11) is 1.93. The molecule has 1 atom stereocenters. The smallest absolute Gasteiger partial charge is 0.0568 e. The summed E-state index contributed by atoms with van der Waals surface area (Å²) in [6, 6.07) is 6.55. The van der Waals surface area contributed by atoms with Crippen LogP contribution in [-0.2, 0) is 7.05 Å². The maximum atomic E-state index is 9.63. The number of hydrogen-bond donors (Lipinski definition) is 1. The second kappa shape index (κ2) is 5.29. The molecule has 0 fully saturated rings. The third kappa shape index (κ3) is 2.20. The highest BCUT2D eigenvalue weighted by molar-refractivity contribution is 5.69. The van der Waals surface area contributed by atoms with Crippen LogP contribution in [0, 0.1) is 0 Å². The number of anilines is 1. The van der Waals surface area contributed by atoms with E-state index in [-0.39, 0.29) is 12.5 Å². The highest BCUT2D eigenvalue weighted by atomic mass is 16.3. The molecule has 0 spiro atoms. The number of aryl methyl sites for hydroxylation is 1. The van der Waals surface area contributed by atoms with E-state index in [2.05, 4.69) is 35.1 Å². The van der Waals surface area contributed by atoms with Crippen LogP contribution in [0.5, 0.6) is 0 Å². The van der Waals surface area contributed by atoms with Crippen LogP contribution < -0.4 is 4.90 Å². The highest BCUT2D eigenvalue weighted by Crippen LogP contribution is 2.37. The van der Waals surface area contributed by atoms with Gasteiger partial charge >= 0.3 is 0 Å². The summed E-state index contributed by atoms with van der Waals surface area (Å²) in [5.74, 6) is 0.254. The van der Waals surface area contributed by atoms with Gasteiger partial charge in [0.25, 0.3) is 0 Å². The molecule has 0 saturated carbocycles. The number of nitrogens with zero attached hydrogens (tertiary/aromatic N) is 3. The minimum Gasteiger partial charge on any atom is -0.396 e. The Morgan fingerprint density at radius 3 is 2.85 bits per heavy atom. The number of aromatic nitrogens is 2. The van der Waals surface area contributed by atoms with Crippen LogP contribution >= 0.6 is 0 Å². The SMILES string of the molecule is CCN1CC[C@@H](CO)c2cc(-c3cnn(C)c3)ccc21. The van der Waals surface area contributed by atoms with Crippen molar-refractivity contribution in [2.24, 2.45) is 7.05 Å². The van der Waals surface area contributed by atoms with Gasteiger partial charge in [-0.15, -0.1) is 0 Å². The molecule has 0 amide bonds. The van der Waals surface area contributed by atoms with E-state index < -0.39 is 0 Å². The van der Waals surface area contributed by atoms with Crippen molar-refractivity contribution in [3.05, 3.63) is 36.2 Å². The first kappa shape index (κ1) is 13.2. The fraction of sp³-hybridized carbons (Fsp3) is 0.438. The number of rotatable bonds is 3. The Balaban J connectivity index is 2.05. The van der Waals surface area contributed by atoms with Gasteiger partial charge in [0.15, 0.2) is 0 Å². The van der Waals surface area contributed by atoms with Crippen molar-refractivity contribution in [1.82, 2.24) is 9.78 Å². The van der Waals surface area contributed by atoms with Crippen molar-refractivity contribution in [2.45, 2.75) is 19.3 Å². The lowest BCUT2D eigenvalue weighted by atomic mass is 9.88. The largest absolute Gasteiger partial charge is 0.396 e. The molecule has 2 aromatic rings. The number of benzene rings is 1. The average Bonchev–Trinajstić information content (AvgIpc) is 2.92. The first-order chi connectivity index (χ1) is 9.72. The molecule has 0 bridgehead atoms. The van der Waals surface area contributed by atoms with E-state index >= 15 is 0 Å². The van der Waals surface area contributed by atoms with Gasteiger partial charge < -0.3 is 10.0 Å². The standard InChI is InChI=1S/C16H21N3O/c1-3-19-7-6-13(11-20)15-8-12(4-5-16(15)19)14-9-17-18(2)10-14/h4-5,8-10,13,20H,3,6-7,11H2,1-2H3/t13-/m0/s1. The van der Waals surface area contributed by atoms with Gasteiger partial charge in [-0.3, -0.25) is 4.68 Å². The van der Waals surface area contributed by atoms with Crippen LogP contribution in [0.2, 0.25) is 0 Å². The van der Waals surface area contributed by atoms with Gasteiger partial charge in [-0.05, 0) is 36.6 Å². The van der Waals surface area contributed by atoms with E-state index in [4.69, 9.17) is 0 Å². The summed E-state index contributed by atoms with van der Waals surface area (Å²) < 4.78 is 1.82. The van der Waals surface area contributed by atoms with Crippen LogP contribution in [-0.4, -0.2) is 34.6 Å². The molecule has 106 valence electrons. The average molecular weight is 271 g/mol. The summed E-state index contributed by atoms with van der Waals surface area (Å²) in [6.45, 7) is 4.44. The molecule has 2 heterocycles. The summed E-state index contributed by atoms with van der Waals surface area (Å²) in [4.78, 5) is 2.38. The van der Waals surface area contributed by atoms with Crippen LogP contribution in [0.15, 0.2) is 30.6 Å². The van der Waals surface area contributed by atoms with Crippen molar-refractivity contribution in [1.29, 1.82) is 0 Å². The molecule has 1 aromatic carbocycles. The third-order valence-corrected chi connectivity index (χ3v) is 4.20. The molecule has 1 aromatic heterocycles. The Hall–Kier alpha value is -1.81. The molecule has 0 aliphatic carbocycles. The van der Waals surface area contributed by atoms with E-state index in [1.54, 1.807) is 0 Å². The third-order valence-electron chi connectivity index (χ3n) is 4.20. The number of aliphatic hydroxyl groups excluding tert-OH is 1. The summed E-state index contributed by atoms with van der Waals surface area (Å²) in [6.07, 6.45) is 4.93. The van der Waals surface area contributed by atoms with Crippen molar-refractivity contribution < 1.29 is 5.11 Å². The summed E-state index contributed by atoms with van der Waals surface area (Å²) >= 11 is 0. The van der Waals surface area contributed by atoms with Crippen LogP contribution in [0.4, 0.5) is 5.69 Å². The van der Waals surface area contributed by atoms with Gasteiger partial charge in [-0.1, -0.05) is 6.07 Å². The van der Waals surface area contributed by atoms with E-state index in [0.717, 1.165) is 25.1 Å². The number of aliphatic hydroxyl groups is 1. The first-order valence-electron chi connectivity index (χ1n) is 7.21. The minimum absolute atomic E-state index is 0.223. The van der Waals surface area contributed by atoms with Gasteiger partial charge in [0.1, 0.15) is 0 Å². The van der Waals surface area contributed by atoms with Gasteiger partial charge in [-0.2, -0.15) is 5.10 Å². The zero-order chi connectivity index (χ0) is 14.1. The lowest BCUT2D eigenvalue weighted by Crippen LogP contribution is -2.31. The molecule has 3 rings (SSSR count). The van der Waals surface area contributed by atoms with Gasteiger partial charge in [0.2, 0.25) is 0 Å². The number of fused-ring (bicyclic) bond motifs is 1. The van der Waals surface area contributed by atoms with Crippen LogP contribution in [0.3, 0.4) is 0 Å². The van der Waals surface area contributed by atoms with Gasteiger partial charge in [-0.25, -0.2) is 0 Å². The van der Waals surface area contributed by atoms with Crippen molar-refractivity contribution in [3.8, 4) is 11.1 Å². The lowest BCUT2D eigenvalue weighted by Gasteiger charge is -2.34. The fourth-order valence-corrected chi connectivity index (χ4v) is 3.03. The van der Waals surface area contributed by atoms with Crippen molar-refractivity contribution in [2.75, 3.05) is 24.6 Å². The van der Waals surface area contributed by atoms with Gasteiger partial charge in [0.05, 0.1) is 12.8 Å². The second-order valence-electron chi connectivity index (χ2n) is 5.42. The zero-order valence-corrected chi connectivity index (χ0v) is 12.1. The molecule has 4 nitrogen and oxygen atoms in total. The van der Waals surface area contributed by atoms with Crippen molar-refractivity contribution in [3.63, 3.8) is 0 Å². The maximum absolute atomic E-state index is 9.63. The maximum Gasteiger partial charge on any atom is 0.0568 e. The topological polar surface area (TPSA) is 41.3 Å². The summed E-state index contributed by atoms with van der Waals surface area (Å²) in [5.41, 5.74) is 4.83. The molecular formula is C16H21N3O. The molecule has 1 aliphatic rings. The molecule has 4 heteroatoms. The second-order valence-corrected chi connectivity index (χ2v) is 5.42.